The molecule has 0 N–H and O–H groups in total. The van der Waals surface area contributed by atoms with E-state index < -0.39 is 10.0 Å². The SMILES string of the molecule is CCN(CC)C1=NCCN1S(=O)(=O)c1cc(Cl)ccc1Cl. The second-order valence-corrected chi connectivity index (χ2v) is 7.18. The van der Waals surface area contributed by atoms with Gasteiger partial charge < -0.3 is 4.90 Å². The highest BCUT2D eigenvalue weighted by Crippen LogP contribution is 2.29. The maximum Gasteiger partial charge on any atom is 0.268 e. The lowest BCUT2D eigenvalue weighted by atomic mass is 10.4. The van der Waals surface area contributed by atoms with Crippen LogP contribution in [-0.2, 0) is 10.0 Å². The predicted octanol–water partition coefficient (Wildman–Crippen LogP) is 2.70. The molecule has 21 heavy (non-hydrogen) atoms. The summed E-state index contributed by atoms with van der Waals surface area (Å²) < 4.78 is 27.0. The van der Waals surface area contributed by atoms with Gasteiger partial charge in [-0.15, -0.1) is 0 Å². The van der Waals surface area contributed by atoms with E-state index in [0.29, 0.717) is 37.2 Å². The van der Waals surface area contributed by atoms with E-state index >= 15 is 0 Å². The quantitative estimate of drug-likeness (QED) is 0.839. The van der Waals surface area contributed by atoms with Crippen LogP contribution in [0.15, 0.2) is 28.1 Å². The lowest BCUT2D eigenvalue weighted by Gasteiger charge is -2.28. The molecule has 0 bridgehead atoms. The molecule has 0 saturated heterocycles. The zero-order chi connectivity index (χ0) is 15.6. The number of rotatable bonds is 4. The Hall–Kier alpha value is -0.980. The highest BCUT2D eigenvalue weighted by molar-refractivity contribution is 7.89. The molecule has 0 aromatic heterocycles. The Labute approximate surface area is 135 Å². The van der Waals surface area contributed by atoms with Gasteiger partial charge in [-0.05, 0) is 32.0 Å². The molecular formula is C13H17Cl2N3O2S. The summed E-state index contributed by atoms with van der Waals surface area (Å²) in [6, 6.07) is 4.42. The monoisotopic (exact) mass is 349 g/mol. The number of aliphatic imine (C=N–C) groups is 1. The van der Waals surface area contributed by atoms with Crippen LogP contribution in [0, 0.1) is 0 Å². The van der Waals surface area contributed by atoms with E-state index in [1.807, 2.05) is 18.7 Å². The summed E-state index contributed by atoms with van der Waals surface area (Å²) >= 11 is 11.9. The van der Waals surface area contributed by atoms with Crippen LogP contribution >= 0.6 is 23.2 Å². The molecule has 0 aliphatic carbocycles. The zero-order valence-electron chi connectivity index (χ0n) is 11.9. The molecule has 8 heteroatoms. The highest BCUT2D eigenvalue weighted by Gasteiger charge is 2.34. The second kappa shape index (κ2) is 6.42. The largest absolute Gasteiger partial charge is 0.343 e. The number of hydrogen-bond donors (Lipinski definition) is 0. The minimum absolute atomic E-state index is 0.0124. The van der Waals surface area contributed by atoms with E-state index in [-0.39, 0.29) is 9.92 Å². The van der Waals surface area contributed by atoms with Crippen molar-refractivity contribution in [2.24, 2.45) is 4.99 Å². The molecule has 1 heterocycles. The van der Waals surface area contributed by atoms with E-state index in [1.54, 1.807) is 6.07 Å². The minimum atomic E-state index is -3.76. The van der Waals surface area contributed by atoms with Gasteiger partial charge in [-0.1, -0.05) is 23.2 Å². The molecule has 1 aliphatic heterocycles. The molecule has 1 aromatic carbocycles. The Morgan fingerprint density at radius 3 is 2.57 bits per heavy atom. The zero-order valence-corrected chi connectivity index (χ0v) is 14.2. The fraction of sp³-hybridized carbons (Fsp3) is 0.462. The van der Waals surface area contributed by atoms with Crippen LogP contribution in [-0.4, -0.2) is 49.8 Å². The Morgan fingerprint density at radius 1 is 1.29 bits per heavy atom. The summed E-state index contributed by atoms with van der Waals surface area (Å²) in [4.78, 5) is 6.23. The molecule has 0 atom stereocenters. The summed E-state index contributed by atoms with van der Waals surface area (Å²) in [7, 11) is -3.76. The first-order valence-corrected chi connectivity index (χ1v) is 8.88. The minimum Gasteiger partial charge on any atom is -0.343 e. The van der Waals surface area contributed by atoms with E-state index in [9.17, 15) is 8.42 Å². The molecule has 0 spiro atoms. The number of sulfonamides is 1. The van der Waals surface area contributed by atoms with Gasteiger partial charge in [0.05, 0.1) is 18.1 Å². The molecule has 0 amide bonds. The van der Waals surface area contributed by atoms with Crippen molar-refractivity contribution in [1.29, 1.82) is 0 Å². The van der Waals surface area contributed by atoms with Gasteiger partial charge in [0.15, 0.2) is 0 Å². The van der Waals surface area contributed by atoms with Crippen LogP contribution in [0.2, 0.25) is 10.0 Å². The maximum absolute atomic E-state index is 12.8. The van der Waals surface area contributed by atoms with Crippen LogP contribution in [0.5, 0.6) is 0 Å². The average Bonchev–Trinajstić information content (AvgIpc) is 2.93. The van der Waals surface area contributed by atoms with Crippen LogP contribution < -0.4 is 0 Å². The van der Waals surface area contributed by atoms with E-state index in [4.69, 9.17) is 23.2 Å². The van der Waals surface area contributed by atoms with Crippen molar-refractivity contribution in [3.8, 4) is 0 Å². The van der Waals surface area contributed by atoms with Gasteiger partial charge in [0.2, 0.25) is 5.96 Å². The molecule has 116 valence electrons. The molecule has 5 nitrogen and oxygen atoms in total. The smallest absolute Gasteiger partial charge is 0.268 e. The fourth-order valence-electron chi connectivity index (χ4n) is 2.21. The fourth-order valence-corrected chi connectivity index (χ4v) is 4.39. The summed E-state index contributed by atoms with van der Waals surface area (Å²) in [5.41, 5.74) is 0. The van der Waals surface area contributed by atoms with Crippen LogP contribution in [0.25, 0.3) is 0 Å². The summed E-state index contributed by atoms with van der Waals surface area (Å²) in [6.45, 7) is 6.05. The number of halogens is 2. The summed E-state index contributed by atoms with van der Waals surface area (Å²) in [6.07, 6.45) is 0. The van der Waals surface area contributed by atoms with E-state index in [1.165, 1.54) is 16.4 Å². The molecule has 0 fully saturated rings. The Kier molecular flexibility index (Phi) is 5.01. The first kappa shape index (κ1) is 16.4. The van der Waals surface area contributed by atoms with Crippen LogP contribution in [0.4, 0.5) is 0 Å². The molecule has 0 radical (unpaired) electrons. The van der Waals surface area contributed by atoms with Crippen molar-refractivity contribution in [2.45, 2.75) is 18.7 Å². The molecule has 1 aliphatic rings. The number of benzene rings is 1. The Bertz CT molecular complexity index is 657. The Balaban J connectivity index is 2.44. The normalized spacial score (nSPS) is 15.2. The highest BCUT2D eigenvalue weighted by atomic mass is 35.5. The molecule has 2 rings (SSSR count). The topological polar surface area (TPSA) is 53.0 Å². The van der Waals surface area contributed by atoms with Crippen molar-refractivity contribution in [2.75, 3.05) is 26.2 Å². The lowest BCUT2D eigenvalue weighted by Crippen LogP contribution is -2.44. The Morgan fingerprint density at radius 2 is 1.95 bits per heavy atom. The van der Waals surface area contributed by atoms with Crippen molar-refractivity contribution < 1.29 is 8.42 Å². The first-order valence-electron chi connectivity index (χ1n) is 6.69. The number of hydrogen-bond acceptors (Lipinski definition) is 4. The second-order valence-electron chi connectivity index (χ2n) is 4.51. The molecular weight excluding hydrogens is 333 g/mol. The molecule has 0 saturated carbocycles. The number of nitrogens with zero attached hydrogens (tertiary/aromatic N) is 3. The third-order valence-corrected chi connectivity index (χ3v) is 5.78. The van der Waals surface area contributed by atoms with Gasteiger partial charge in [-0.25, -0.2) is 12.7 Å². The third kappa shape index (κ3) is 3.12. The van der Waals surface area contributed by atoms with Crippen molar-refractivity contribution in [3.05, 3.63) is 28.2 Å². The standard InChI is InChI=1S/C13H17Cl2N3O2S/c1-3-17(4-2)13-16-7-8-18(13)21(19,20)12-9-10(14)5-6-11(12)15/h5-6,9H,3-4,7-8H2,1-2H3. The van der Waals surface area contributed by atoms with E-state index in [0.717, 1.165) is 0 Å². The number of guanidine groups is 1. The summed E-state index contributed by atoms with van der Waals surface area (Å²) in [5, 5.41) is 0.490. The van der Waals surface area contributed by atoms with Gasteiger partial charge >= 0.3 is 0 Å². The van der Waals surface area contributed by atoms with Gasteiger partial charge in [0, 0.05) is 18.1 Å². The summed E-state index contributed by atoms with van der Waals surface area (Å²) in [5.74, 6) is 0.469. The van der Waals surface area contributed by atoms with Crippen LogP contribution in [0.1, 0.15) is 13.8 Å². The van der Waals surface area contributed by atoms with Crippen molar-refractivity contribution >= 4 is 39.2 Å². The third-order valence-electron chi connectivity index (χ3n) is 3.29. The van der Waals surface area contributed by atoms with Gasteiger partial charge in [-0.3, -0.25) is 4.99 Å². The van der Waals surface area contributed by atoms with Crippen molar-refractivity contribution in [1.82, 2.24) is 9.21 Å². The van der Waals surface area contributed by atoms with E-state index in [2.05, 4.69) is 4.99 Å². The van der Waals surface area contributed by atoms with Crippen molar-refractivity contribution in [3.63, 3.8) is 0 Å². The lowest BCUT2D eigenvalue weighted by molar-refractivity contribution is 0.418. The van der Waals surface area contributed by atoms with Gasteiger partial charge in [0.1, 0.15) is 4.90 Å². The van der Waals surface area contributed by atoms with Gasteiger partial charge in [-0.2, -0.15) is 0 Å². The van der Waals surface area contributed by atoms with Gasteiger partial charge in [0.25, 0.3) is 10.0 Å². The maximum atomic E-state index is 12.8. The molecule has 1 aromatic rings. The first-order chi connectivity index (χ1) is 9.91. The predicted molar refractivity (Wildman–Crippen MR) is 85.6 cm³/mol. The molecule has 0 unspecified atom stereocenters. The average molecular weight is 350 g/mol. The van der Waals surface area contributed by atoms with Crippen LogP contribution in [0.3, 0.4) is 0 Å².